The maximum atomic E-state index is 13.0. The van der Waals surface area contributed by atoms with Crippen molar-refractivity contribution in [1.82, 2.24) is 0 Å². The molecule has 0 aliphatic carbocycles. The fourth-order valence-electron chi connectivity index (χ4n) is 3.60. The van der Waals surface area contributed by atoms with Crippen molar-refractivity contribution in [2.75, 3.05) is 17.1 Å². The van der Waals surface area contributed by atoms with Crippen LogP contribution < -0.4 is 19.5 Å². The maximum Gasteiger partial charge on any atom is 0.265 e. The van der Waals surface area contributed by atoms with E-state index in [-0.39, 0.29) is 10.8 Å². The van der Waals surface area contributed by atoms with Crippen molar-refractivity contribution in [3.05, 3.63) is 91.0 Å². The van der Waals surface area contributed by atoms with Crippen molar-refractivity contribution in [2.24, 2.45) is 0 Å². The normalized spacial score (nSPS) is 12.1. The second kappa shape index (κ2) is 10.5. The molecule has 0 heterocycles. The standard InChI is InChI=1S/C27H26N2O5S/c1-3-26(34-22-15-13-21(33-2)14-16-22)27(30)28-20-11-17-23(18-12-20)35(31,32)29-25-10-6-8-19-7-4-5-9-24(19)25/h4-18,26,29H,3H2,1-2H3,(H,28,30)/t26-/m0/s1. The molecule has 4 aromatic rings. The number of anilines is 2. The van der Waals surface area contributed by atoms with Gasteiger partial charge in [0.25, 0.3) is 15.9 Å². The highest BCUT2D eigenvalue weighted by molar-refractivity contribution is 7.92. The van der Waals surface area contributed by atoms with Gasteiger partial charge in [0, 0.05) is 11.1 Å². The molecule has 35 heavy (non-hydrogen) atoms. The first-order valence-electron chi connectivity index (χ1n) is 11.1. The number of amides is 1. The van der Waals surface area contributed by atoms with Gasteiger partial charge in [-0.05, 0) is 66.4 Å². The van der Waals surface area contributed by atoms with Crippen LogP contribution in [0.3, 0.4) is 0 Å². The topological polar surface area (TPSA) is 93.7 Å². The third-order valence-electron chi connectivity index (χ3n) is 5.47. The number of methoxy groups -OCH3 is 1. The number of hydrogen-bond acceptors (Lipinski definition) is 5. The second-order valence-corrected chi connectivity index (χ2v) is 9.52. The monoisotopic (exact) mass is 490 g/mol. The summed E-state index contributed by atoms with van der Waals surface area (Å²) in [7, 11) is -2.24. The number of carbonyl (C=O) groups excluding carboxylic acids is 1. The van der Waals surface area contributed by atoms with Crippen molar-refractivity contribution in [3.63, 3.8) is 0 Å². The Morgan fingerprint density at radius 2 is 1.51 bits per heavy atom. The van der Waals surface area contributed by atoms with Crippen LogP contribution in [0.1, 0.15) is 13.3 Å². The molecule has 0 fully saturated rings. The number of hydrogen-bond donors (Lipinski definition) is 2. The van der Waals surface area contributed by atoms with Crippen LogP contribution in [-0.4, -0.2) is 27.5 Å². The SMILES string of the molecule is CC[C@H](Oc1ccc(OC)cc1)C(=O)Nc1ccc(S(=O)(=O)Nc2cccc3ccccc23)cc1. The molecule has 180 valence electrons. The highest BCUT2D eigenvalue weighted by Gasteiger charge is 2.20. The summed E-state index contributed by atoms with van der Waals surface area (Å²) in [5.41, 5.74) is 0.970. The van der Waals surface area contributed by atoms with E-state index in [1.165, 1.54) is 12.1 Å². The van der Waals surface area contributed by atoms with Crippen LogP contribution >= 0.6 is 0 Å². The first-order valence-corrected chi connectivity index (χ1v) is 12.6. The summed E-state index contributed by atoms with van der Waals surface area (Å²) < 4.78 is 39.5. The van der Waals surface area contributed by atoms with Gasteiger partial charge in [0.1, 0.15) is 11.5 Å². The molecule has 1 amide bonds. The van der Waals surface area contributed by atoms with Gasteiger partial charge in [-0.15, -0.1) is 0 Å². The Morgan fingerprint density at radius 1 is 0.857 bits per heavy atom. The fourth-order valence-corrected chi connectivity index (χ4v) is 4.68. The number of fused-ring (bicyclic) bond motifs is 1. The zero-order valence-electron chi connectivity index (χ0n) is 19.4. The molecule has 0 aromatic heterocycles. The first-order chi connectivity index (χ1) is 16.9. The Labute approximate surface area is 204 Å². The smallest absolute Gasteiger partial charge is 0.265 e. The average molecular weight is 491 g/mol. The zero-order chi connectivity index (χ0) is 24.8. The predicted molar refractivity (Wildman–Crippen MR) is 138 cm³/mol. The lowest BCUT2D eigenvalue weighted by Crippen LogP contribution is -2.32. The van der Waals surface area contributed by atoms with E-state index in [1.54, 1.807) is 55.6 Å². The van der Waals surface area contributed by atoms with E-state index in [0.29, 0.717) is 29.3 Å². The third kappa shape index (κ3) is 5.73. The summed E-state index contributed by atoms with van der Waals surface area (Å²) in [4.78, 5) is 12.8. The maximum absolute atomic E-state index is 13.0. The van der Waals surface area contributed by atoms with Gasteiger partial charge in [-0.25, -0.2) is 8.42 Å². The van der Waals surface area contributed by atoms with Crippen LogP contribution in [0.25, 0.3) is 10.8 Å². The van der Waals surface area contributed by atoms with Crippen molar-refractivity contribution >= 4 is 38.1 Å². The van der Waals surface area contributed by atoms with Crippen molar-refractivity contribution < 1.29 is 22.7 Å². The molecule has 0 unspecified atom stereocenters. The van der Waals surface area contributed by atoms with Crippen LogP contribution in [-0.2, 0) is 14.8 Å². The van der Waals surface area contributed by atoms with Crippen molar-refractivity contribution in [3.8, 4) is 11.5 Å². The first kappa shape index (κ1) is 24.1. The molecule has 4 rings (SSSR count). The van der Waals surface area contributed by atoms with E-state index in [9.17, 15) is 13.2 Å². The Morgan fingerprint density at radius 3 is 2.20 bits per heavy atom. The van der Waals surface area contributed by atoms with E-state index in [0.717, 1.165) is 10.8 Å². The Hall–Kier alpha value is -4.04. The third-order valence-corrected chi connectivity index (χ3v) is 6.85. The van der Waals surface area contributed by atoms with E-state index >= 15 is 0 Å². The molecule has 8 heteroatoms. The molecule has 0 spiro atoms. The van der Waals surface area contributed by atoms with Gasteiger partial charge < -0.3 is 14.8 Å². The van der Waals surface area contributed by atoms with Gasteiger partial charge >= 0.3 is 0 Å². The molecule has 4 aromatic carbocycles. The second-order valence-electron chi connectivity index (χ2n) is 7.84. The van der Waals surface area contributed by atoms with Gasteiger partial charge in [0.15, 0.2) is 6.10 Å². The summed E-state index contributed by atoms with van der Waals surface area (Å²) in [6.07, 6.45) is -0.251. The van der Waals surface area contributed by atoms with Crippen molar-refractivity contribution in [2.45, 2.75) is 24.3 Å². The van der Waals surface area contributed by atoms with Gasteiger partial charge in [-0.3, -0.25) is 9.52 Å². The molecule has 0 aliphatic heterocycles. The number of rotatable bonds is 9. The average Bonchev–Trinajstić information content (AvgIpc) is 2.88. The number of sulfonamides is 1. The van der Waals surface area contributed by atoms with Gasteiger partial charge in [0.05, 0.1) is 17.7 Å². The molecule has 2 N–H and O–H groups in total. The van der Waals surface area contributed by atoms with Crippen LogP contribution in [0.5, 0.6) is 11.5 Å². The number of benzene rings is 4. The Bertz CT molecular complexity index is 1410. The molecule has 0 saturated heterocycles. The Balaban J connectivity index is 1.44. The van der Waals surface area contributed by atoms with Crippen LogP contribution in [0.2, 0.25) is 0 Å². The Kier molecular flexibility index (Phi) is 7.22. The number of carbonyl (C=O) groups is 1. The van der Waals surface area contributed by atoms with E-state index in [2.05, 4.69) is 10.0 Å². The lowest BCUT2D eigenvalue weighted by molar-refractivity contribution is -0.122. The summed E-state index contributed by atoms with van der Waals surface area (Å²) in [6.45, 7) is 1.85. The summed E-state index contributed by atoms with van der Waals surface area (Å²) >= 11 is 0. The number of ether oxygens (including phenoxy) is 2. The quantitative estimate of drug-likeness (QED) is 0.326. The zero-order valence-corrected chi connectivity index (χ0v) is 20.2. The lowest BCUT2D eigenvalue weighted by atomic mass is 10.1. The predicted octanol–water partition coefficient (Wildman–Crippen LogP) is 5.45. The van der Waals surface area contributed by atoms with Gasteiger partial charge in [-0.1, -0.05) is 43.3 Å². The lowest BCUT2D eigenvalue weighted by Gasteiger charge is -2.17. The minimum Gasteiger partial charge on any atom is -0.497 e. The minimum absolute atomic E-state index is 0.0879. The molecule has 7 nitrogen and oxygen atoms in total. The van der Waals surface area contributed by atoms with Crippen LogP contribution in [0.4, 0.5) is 11.4 Å². The largest absolute Gasteiger partial charge is 0.497 e. The summed E-state index contributed by atoms with van der Waals surface area (Å²) in [6, 6.07) is 26.0. The molecule has 0 saturated carbocycles. The van der Waals surface area contributed by atoms with E-state index in [4.69, 9.17) is 9.47 Å². The highest BCUT2D eigenvalue weighted by atomic mass is 32.2. The summed E-state index contributed by atoms with van der Waals surface area (Å²) in [5.74, 6) is 0.918. The van der Waals surface area contributed by atoms with E-state index in [1.807, 2.05) is 37.3 Å². The molecular weight excluding hydrogens is 464 g/mol. The molecule has 0 radical (unpaired) electrons. The molecule has 0 bridgehead atoms. The van der Waals surface area contributed by atoms with Gasteiger partial charge in [-0.2, -0.15) is 0 Å². The molecule has 1 atom stereocenters. The van der Waals surface area contributed by atoms with Crippen LogP contribution in [0.15, 0.2) is 95.9 Å². The molecule has 0 aliphatic rings. The van der Waals surface area contributed by atoms with Crippen LogP contribution in [0, 0.1) is 0 Å². The van der Waals surface area contributed by atoms with Crippen molar-refractivity contribution in [1.29, 1.82) is 0 Å². The highest BCUT2D eigenvalue weighted by Crippen LogP contribution is 2.26. The fraction of sp³-hybridized carbons (Fsp3) is 0.148. The van der Waals surface area contributed by atoms with E-state index < -0.39 is 16.1 Å². The minimum atomic E-state index is -3.82. The van der Waals surface area contributed by atoms with Gasteiger partial charge in [0.2, 0.25) is 0 Å². The number of nitrogens with one attached hydrogen (secondary N) is 2. The summed E-state index contributed by atoms with van der Waals surface area (Å²) in [5, 5.41) is 4.53. The molecular formula is C27H26N2O5S.